The first-order valence-electron chi connectivity index (χ1n) is 4.64. The Bertz CT molecular complexity index is 193. The fraction of sp³-hybridized carbons (Fsp3) is 0.778. The largest absolute Gasteiger partial charge is 0.466 e. The Morgan fingerprint density at radius 3 is 3.08 bits per heavy atom. The zero-order chi connectivity index (χ0) is 9.68. The fourth-order valence-corrected chi connectivity index (χ4v) is 1.55. The number of hydrogen-bond donors (Lipinski definition) is 0. The molecule has 0 aromatic rings. The number of carbonyl (C=O) groups excluding carboxylic acids is 2. The summed E-state index contributed by atoms with van der Waals surface area (Å²) < 4.78 is 4.89. The molecule has 1 rings (SSSR count). The molecule has 74 valence electrons. The molecule has 1 aliphatic heterocycles. The van der Waals surface area contributed by atoms with Gasteiger partial charge in [-0.25, -0.2) is 0 Å². The van der Waals surface area contributed by atoms with Crippen molar-refractivity contribution in [3.63, 3.8) is 0 Å². The predicted molar refractivity (Wildman–Crippen MR) is 47.0 cm³/mol. The first-order valence-corrected chi connectivity index (χ1v) is 4.64. The molecule has 0 spiro atoms. The van der Waals surface area contributed by atoms with Gasteiger partial charge in [-0.15, -0.1) is 0 Å². The second-order valence-electron chi connectivity index (χ2n) is 3.19. The van der Waals surface area contributed by atoms with Crippen LogP contribution in [0.25, 0.3) is 0 Å². The van der Waals surface area contributed by atoms with Gasteiger partial charge in [0.05, 0.1) is 12.5 Å². The van der Waals surface area contributed by atoms with E-state index in [1.807, 2.05) is 0 Å². The molecular weight excluding hydrogens is 170 g/mol. The van der Waals surface area contributed by atoms with Crippen LogP contribution < -0.4 is 0 Å². The normalized spacial score (nSPS) is 22.5. The SMILES string of the molecule is CCOC(=O)[C@H]1CCCN(C=O)C1. The highest BCUT2D eigenvalue weighted by Gasteiger charge is 2.25. The Morgan fingerprint density at radius 2 is 2.46 bits per heavy atom. The van der Waals surface area contributed by atoms with Crippen molar-refractivity contribution in [2.75, 3.05) is 19.7 Å². The Hall–Kier alpha value is -1.06. The van der Waals surface area contributed by atoms with Gasteiger partial charge in [0.25, 0.3) is 0 Å². The van der Waals surface area contributed by atoms with Gasteiger partial charge in [-0.3, -0.25) is 9.59 Å². The lowest BCUT2D eigenvalue weighted by Gasteiger charge is -2.28. The van der Waals surface area contributed by atoms with Crippen molar-refractivity contribution in [2.45, 2.75) is 19.8 Å². The molecule has 13 heavy (non-hydrogen) atoms. The first kappa shape index (κ1) is 10.0. The lowest BCUT2D eigenvalue weighted by Crippen LogP contribution is -2.38. The van der Waals surface area contributed by atoms with Crippen molar-refractivity contribution in [3.05, 3.63) is 0 Å². The van der Waals surface area contributed by atoms with Crippen LogP contribution in [0.1, 0.15) is 19.8 Å². The van der Waals surface area contributed by atoms with Crippen LogP contribution in [0.4, 0.5) is 0 Å². The van der Waals surface area contributed by atoms with Crippen LogP contribution in [0, 0.1) is 5.92 Å². The topological polar surface area (TPSA) is 46.6 Å². The summed E-state index contributed by atoms with van der Waals surface area (Å²) >= 11 is 0. The third-order valence-electron chi connectivity index (χ3n) is 2.22. The predicted octanol–water partition coefficient (Wildman–Crippen LogP) is 0.418. The van der Waals surface area contributed by atoms with Gasteiger partial charge in [0.1, 0.15) is 0 Å². The summed E-state index contributed by atoms with van der Waals surface area (Å²) in [6, 6.07) is 0. The third-order valence-corrected chi connectivity index (χ3v) is 2.22. The number of nitrogens with zero attached hydrogens (tertiary/aromatic N) is 1. The lowest BCUT2D eigenvalue weighted by molar-refractivity contribution is -0.150. The van der Waals surface area contributed by atoms with Gasteiger partial charge >= 0.3 is 5.97 Å². The molecule has 0 radical (unpaired) electrons. The molecule has 0 aromatic heterocycles. The second-order valence-corrected chi connectivity index (χ2v) is 3.19. The highest BCUT2D eigenvalue weighted by atomic mass is 16.5. The molecule has 1 heterocycles. The van der Waals surface area contributed by atoms with E-state index in [0.717, 1.165) is 25.8 Å². The minimum Gasteiger partial charge on any atom is -0.466 e. The number of piperidine rings is 1. The van der Waals surface area contributed by atoms with Crippen LogP contribution in [0.3, 0.4) is 0 Å². The maximum Gasteiger partial charge on any atom is 0.310 e. The monoisotopic (exact) mass is 185 g/mol. The zero-order valence-electron chi connectivity index (χ0n) is 7.86. The highest BCUT2D eigenvalue weighted by Crippen LogP contribution is 2.16. The number of rotatable bonds is 3. The third kappa shape index (κ3) is 2.72. The number of esters is 1. The Labute approximate surface area is 77.8 Å². The van der Waals surface area contributed by atoms with Crippen LogP contribution in [0.15, 0.2) is 0 Å². The summed E-state index contributed by atoms with van der Waals surface area (Å²) in [6.45, 7) is 3.48. The molecule has 1 saturated heterocycles. The molecule has 0 N–H and O–H groups in total. The zero-order valence-corrected chi connectivity index (χ0v) is 7.86. The van der Waals surface area contributed by atoms with E-state index in [-0.39, 0.29) is 11.9 Å². The van der Waals surface area contributed by atoms with E-state index < -0.39 is 0 Å². The van der Waals surface area contributed by atoms with Gasteiger partial charge in [0.15, 0.2) is 0 Å². The Morgan fingerprint density at radius 1 is 1.69 bits per heavy atom. The fourth-order valence-electron chi connectivity index (χ4n) is 1.55. The smallest absolute Gasteiger partial charge is 0.310 e. The molecule has 0 saturated carbocycles. The average Bonchev–Trinajstić information content (AvgIpc) is 2.18. The number of carbonyl (C=O) groups is 2. The molecule has 1 amide bonds. The van der Waals surface area contributed by atoms with E-state index in [2.05, 4.69) is 0 Å². The van der Waals surface area contributed by atoms with Crippen LogP contribution in [0.5, 0.6) is 0 Å². The van der Waals surface area contributed by atoms with Crippen LogP contribution in [-0.4, -0.2) is 37.0 Å². The Kier molecular flexibility index (Phi) is 3.73. The summed E-state index contributed by atoms with van der Waals surface area (Å²) in [5, 5.41) is 0. The van der Waals surface area contributed by atoms with Crippen LogP contribution >= 0.6 is 0 Å². The van der Waals surface area contributed by atoms with Gasteiger partial charge in [0, 0.05) is 13.1 Å². The molecule has 4 nitrogen and oxygen atoms in total. The van der Waals surface area contributed by atoms with Crippen LogP contribution in [0.2, 0.25) is 0 Å². The Balaban J connectivity index is 2.41. The summed E-state index contributed by atoms with van der Waals surface area (Å²) in [5.74, 6) is -0.284. The van der Waals surface area contributed by atoms with Crippen molar-refractivity contribution in [1.82, 2.24) is 4.90 Å². The van der Waals surface area contributed by atoms with Crippen molar-refractivity contribution >= 4 is 12.4 Å². The summed E-state index contributed by atoms with van der Waals surface area (Å²) in [6.07, 6.45) is 2.52. The molecule has 1 atom stereocenters. The summed E-state index contributed by atoms with van der Waals surface area (Å²) in [7, 11) is 0. The molecule has 0 bridgehead atoms. The van der Waals surface area contributed by atoms with Crippen molar-refractivity contribution in [1.29, 1.82) is 0 Å². The van der Waals surface area contributed by atoms with Gasteiger partial charge in [-0.2, -0.15) is 0 Å². The molecular formula is C9H15NO3. The van der Waals surface area contributed by atoms with E-state index in [1.54, 1.807) is 11.8 Å². The minimum absolute atomic E-state index is 0.112. The van der Waals surface area contributed by atoms with Crippen molar-refractivity contribution in [3.8, 4) is 0 Å². The van der Waals surface area contributed by atoms with E-state index in [0.29, 0.717) is 13.2 Å². The van der Waals surface area contributed by atoms with Gasteiger partial charge in [0.2, 0.25) is 6.41 Å². The van der Waals surface area contributed by atoms with Gasteiger partial charge in [-0.1, -0.05) is 0 Å². The number of hydrogen-bond acceptors (Lipinski definition) is 3. The summed E-state index contributed by atoms with van der Waals surface area (Å²) in [4.78, 5) is 23.4. The molecule has 0 unspecified atom stereocenters. The van der Waals surface area contributed by atoms with Gasteiger partial charge < -0.3 is 9.64 Å². The first-order chi connectivity index (χ1) is 6.27. The minimum atomic E-state index is -0.172. The van der Waals surface area contributed by atoms with Crippen LogP contribution in [-0.2, 0) is 14.3 Å². The number of ether oxygens (including phenoxy) is 1. The van der Waals surface area contributed by atoms with Gasteiger partial charge in [-0.05, 0) is 19.8 Å². The number of likely N-dealkylation sites (tertiary alicyclic amines) is 1. The maximum atomic E-state index is 11.3. The molecule has 1 fully saturated rings. The molecule has 1 aliphatic rings. The van der Waals surface area contributed by atoms with Crippen molar-refractivity contribution < 1.29 is 14.3 Å². The molecule has 0 aromatic carbocycles. The molecule has 0 aliphatic carbocycles. The quantitative estimate of drug-likeness (QED) is 0.473. The number of amides is 1. The average molecular weight is 185 g/mol. The van der Waals surface area contributed by atoms with E-state index >= 15 is 0 Å². The van der Waals surface area contributed by atoms with E-state index in [4.69, 9.17) is 4.74 Å². The van der Waals surface area contributed by atoms with Crippen molar-refractivity contribution in [2.24, 2.45) is 5.92 Å². The van der Waals surface area contributed by atoms with E-state index in [9.17, 15) is 9.59 Å². The maximum absolute atomic E-state index is 11.3. The summed E-state index contributed by atoms with van der Waals surface area (Å²) in [5.41, 5.74) is 0. The molecule has 4 heteroatoms. The second kappa shape index (κ2) is 4.84. The van der Waals surface area contributed by atoms with E-state index in [1.165, 1.54) is 0 Å². The highest BCUT2D eigenvalue weighted by molar-refractivity contribution is 5.73. The standard InChI is InChI=1S/C9H15NO3/c1-2-13-9(12)8-4-3-5-10(6-8)7-11/h7-8H,2-6H2,1H3/t8-/m0/s1. The lowest BCUT2D eigenvalue weighted by atomic mass is 9.99.